The molecular formula is C29H29N3O5S. The molecule has 0 aliphatic rings. The van der Waals surface area contributed by atoms with E-state index in [-0.39, 0.29) is 11.5 Å². The molecule has 8 nitrogen and oxygen atoms in total. The summed E-state index contributed by atoms with van der Waals surface area (Å²) in [6.07, 6.45) is 0.192. The molecule has 0 spiro atoms. The van der Waals surface area contributed by atoms with Crippen LogP contribution in [0, 0.1) is 6.92 Å². The summed E-state index contributed by atoms with van der Waals surface area (Å²) in [6.45, 7) is 9.63. The van der Waals surface area contributed by atoms with Crippen LogP contribution >= 0.6 is 0 Å². The molecule has 1 amide bonds. The maximum atomic E-state index is 11.9. The molecule has 1 heterocycles. The highest BCUT2D eigenvalue weighted by atomic mass is 32.2. The minimum Gasteiger partial charge on any atom is -0.408 e. The number of fused-ring (bicyclic) bond motifs is 1. The van der Waals surface area contributed by atoms with Crippen molar-refractivity contribution in [3.05, 3.63) is 88.7 Å². The summed E-state index contributed by atoms with van der Waals surface area (Å²) in [7, 11) is -2.88. The molecule has 4 rings (SSSR count). The van der Waals surface area contributed by atoms with Crippen molar-refractivity contribution in [2.24, 2.45) is 4.36 Å². The molecule has 4 aromatic rings. The molecule has 0 radical (unpaired) electrons. The Morgan fingerprint density at radius 1 is 1.03 bits per heavy atom. The van der Waals surface area contributed by atoms with Gasteiger partial charge < -0.3 is 4.74 Å². The molecule has 9 heteroatoms. The normalized spacial score (nSPS) is 11.4. The molecular weight excluding hydrogens is 502 g/mol. The van der Waals surface area contributed by atoms with Gasteiger partial charge in [0.1, 0.15) is 11.6 Å². The number of hydrogen-bond donors (Lipinski definition) is 0. The van der Waals surface area contributed by atoms with E-state index in [2.05, 4.69) is 28.0 Å². The largest absolute Gasteiger partial charge is 0.454 e. The highest BCUT2D eigenvalue weighted by molar-refractivity contribution is 7.62. The van der Waals surface area contributed by atoms with Crippen LogP contribution in [0.15, 0.2) is 65.0 Å². The van der Waals surface area contributed by atoms with Crippen molar-refractivity contribution in [3.63, 3.8) is 0 Å². The molecule has 0 bridgehead atoms. The topological polar surface area (TPSA) is 108 Å². The average molecular weight is 532 g/mol. The van der Waals surface area contributed by atoms with Crippen LogP contribution in [-0.2, 0) is 28.8 Å². The van der Waals surface area contributed by atoms with Crippen molar-refractivity contribution in [3.8, 4) is 11.4 Å². The van der Waals surface area contributed by atoms with Gasteiger partial charge in [0.25, 0.3) is 0 Å². The van der Waals surface area contributed by atoms with Gasteiger partial charge in [-0.1, -0.05) is 55.0 Å². The van der Waals surface area contributed by atoms with Crippen LogP contribution in [0.5, 0.6) is 5.75 Å². The summed E-state index contributed by atoms with van der Waals surface area (Å²) in [6, 6.07) is 19.2. The number of rotatable bonds is 7. The molecule has 0 aliphatic heterocycles. The molecule has 3 aromatic carbocycles. The second-order valence-electron chi connectivity index (χ2n) is 9.88. The van der Waals surface area contributed by atoms with Crippen molar-refractivity contribution < 1.29 is 22.7 Å². The van der Waals surface area contributed by atoms with Crippen LogP contribution in [0.4, 0.5) is 4.79 Å². The van der Waals surface area contributed by atoms with E-state index in [4.69, 9.17) is 9.72 Å². The maximum absolute atomic E-state index is 11.9. The predicted molar refractivity (Wildman–Crippen MR) is 146 cm³/mol. The zero-order valence-electron chi connectivity index (χ0n) is 22.0. The SMILES string of the molecule is CCc1nc2cc(C(C)=O)ccc2n1-c1ccc(CC(C)(C)c2cc(C)ccc2OC(=O)N=S(=O)=O)cc1. The van der Waals surface area contributed by atoms with Crippen LogP contribution in [0.25, 0.3) is 16.7 Å². The fraction of sp³-hybridized carbons (Fsp3) is 0.276. The highest BCUT2D eigenvalue weighted by Crippen LogP contribution is 2.36. The Balaban J connectivity index is 1.65. The second kappa shape index (κ2) is 10.7. The van der Waals surface area contributed by atoms with Crippen LogP contribution in [0.2, 0.25) is 0 Å². The fourth-order valence-corrected chi connectivity index (χ4v) is 4.84. The van der Waals surface area contributed by atoms with Crippen LogP contribution in [0.3, 0.4) is 0 Å². The van der Waals surface area contributed by atoms with Crippen LogP contribution in [-0.4, -0.2) is 29.8 Å². The van der Waals surface area contributed by atoms with Gasteiger partial charge in [-0.25, -0.2) is 9.78 Å². The molecule has 38 heavy (non-hydrogen) atoms. The Morgan fingerprint density at radius 3 is 2.37 bits per heavy atom. The molecule has 0 fully saturated rings. The number of aromatic nitrogens is 2. The van der Waals surface area contributed by atoms with Crippen molar-refractivity contribution in [2.45, 2.75) is 52.9 Å². The molecule has 0 saturated heterocycles. The Bertz CT molecular complexity index is 1680. The zero-order chi connectivity index (χ0) is 27.6. The van der Waals surface area contributed by atoms with E-state index >= 15 is 0 Å². The first kappa shape index (κ1) is 26.9. The summed E-state index contributed by atoms with van der Waals surface area (Å²) in [5.74, 6) is 1.19. The predicted octanol–water partition coefficient (Wildman–Crippen LogP) is 6.18. The minimum absolute atomic E-state index is 0.00719. The molecule has 0 saturated carbocycles. The number of benzene rings is 3. The number of imidazole rings is 1. The number of Topliss-reactive ketones (excluding diaryl/α,β-unsaturated/α-hetero) is 1. The lowest BCUT2D eigenvalue weighted by atomic mass is 9.78. The van der Waals surface area contributed by atoms with Crippen LogP contribution < -0.4 is 4.74 Å². The lowest BCUT2D eigenvalue weighted by molar-refractivity contribution is 0.101. The maximum Gasteiger partial charge on any atom is 0.454 e. The van der Waals surface area contributed by atoms with Gasteiger partial charge in [0.2, 0.25) is 0 Å². The lowest BCUT2D eigenvalue weighted by Gasteiger charge is -2.28. The number of aryl methyl sites for hydroxylation is 2. The standard InChI is InChI=1S/C29H29N3O5S/c1-6-27-30-24-16-21(19(3)33)10-13-25(24)32(27)22-11-8-20(9-12-22)17-29(4,5)23-15-18(2)7-14-26(23)37-28(34)31-38(35)36/h7-16H,6,17H2,1-5H3. The quantitative estimate of drug-likeness (QED) is 0.264. The van der Waals surface area contributed by atoms with Gasteiger partial charge in [0.05, 0.1) is 11.0 Å². The monoisotopic (exact) mass is 531 g/mol. The van der Waals surface area contributed by atoms with Gasteiger partial charge in [-0.05, 0) is 67.6 Å². The van der Waals surface area contributed by atoms with Gasteiger partial charge in [-0.3, -0.25) is 9.36 Å². The van der Waals surface area contributed by atoms with Crippen molar-refractivity contribution in [1.29, 1.82) is 0 Å². The Labute approximate surface area is 223 Å². The molecule has 0 aliphatic carbocycles. The first-order valence-electron chi connectivity index (χ1n) is 12.2. The Hall–Kier alpha value is -4.11. The highest BCUT2D eigenvalue weighted by Gasteiger charge is 2.26. The zero-order valence-corrected chi connectivity index (χ0v) is 22.8. The van der Waals surface area contributed by atoms with Gasteiger partial charge in [-0.15, -0.1) is 0 Å². The van der Waals surface area contributed by atoms with E-state index < -0.39 is 22.0 Å². The van der Waals surface area contributed by atoms with Crippen LogP contribution in [0.1, 0.15) is 60.6 Å². The number of ketones is 1. The number of ether oxygens (including phenoxy) is 1. The first-order chi connectivity index (χ1) is 18.0. The Morgan fingerprint density at radius 2 is 1.74 bits per heavy atom. The summed E-state index contributed by atoms with van der Waals surface area (Å²) in [4.78, 5) is 28.5. The third kappa shape index (κ3) is 5.73. The van der Waals surface area contributed by atoms with Gasteiger partial charge in [-0.2, -0.15) is 8.42 Å². The fourth-order valence-electron chi connectivity index (χ4n) is 4.68. The minimum atomic E-state index is -2.88. The van der Waals surface area contributed by atoms with E-state index in [1.54, 1.807) is 19.1 Å². The van der Waals surface area contributed by atoms with E-state index in [9.17, 15) is 18.0 Å². The molecule has 1 aromatic heterocycles. The second-order valence-corrected chi connectivity index (χ2v) is 10.5. The summed E-state index contributed by atoms with van der Waals surface area (Å²) >= 11 is 0. The summed E-state index contributed by atoms with van der Waals surface area (Å²) < 4.78 is 31.8. The number of carbonyl (C=O) groups is 2. The van der Waals surface area contributed by atoms with E-state index in [1.165, 1.54) is 0 Å². The molecule has 196 valence electrons. The number of carbonyl (C=O) groups excluding carboxylic acids is 2. The van der Waals surface area contributed by atoms with Gasteiger partial charge in [0, 0.05) is 23.2 Å². The molecule has 0 N–H and O–H groups in total. The molecule has 0 unspecified atom stereocenters. The number of hydrogen-bond acceptors (Lipinski definition) is 6. The number of amides is 1. The third-order valence-electron chi connectivity index (χ3n) is 6.50. The Kier molecular flexibility index (Phi) is 7.59. The van der Waals surface area contributed by atoms with E-state index in [0.29, 0.717) is 12.0 Å². The van der Waals surface area contributed by atoms with Crippen molar-refractivity contribution in [2.75, 3.05) is 0 Å². The average Bonchev–Trinajstić information content (AvgIpc) is 3.22. The molecule has 0 atom stereocenters. The van der Waals surface area contributed by atoms with Gasteiger partial charge in [0.15, 0.2) is 5.78 Å². The first-order valence-corrected chi connectivity index (χ1v) is 13.3. The summed E-state index contributed by atoms with van der Waals surface area (Å²) in [5, 5.41) is 0. The summed E-state index contributed by atoms with van der Waals surface area (Å²) in [5.41, 5.74) is 5.72. The van der Waals surface area contributed by atoms with Gasteiger partial charge >= 0.3 is 16.6 Å². The van der Waals surface area contributed by atoms with E-state index in [0.717, 1.165) is 45.7 Å². The van der Waals surface area contributed by atoms with Crippen molar-refractivity contribution in [1.82, 2.24) is 9.55 Å². The smallest absolute Gasteiger partial charge is 0.408 e. The van der Waals surface area contributed by atoms with Crippen molar-refractivity contribution >= 4 is 33.4 Å². The lowest BCUT2D eigenvalue weighted by Crippen LogP contribution is -2.22. The third-order valence-corrected chi connectivity index (χ3v) is 6.80. The van der Waals surface area contributed by atoms with E-state index in [1.807, 2.05) is 57.2 Å². The number of nitrogens with zero attached hydrogens (tertiary/aromatic N) is 3.